The average molecular weight is 192 g/mol. The van der Waals surface area contributed by atoms with E-state index in [-0.39, 0.29) is 11.6 Å². The maximum Gasteiger partial charge on any atom is 0.158 e. The zero-order chi connectivity index (χ0) is 10.6. The van der Waals surface area contributed by atoms with Gasteiger partial charge in [-0.15, -0.1) is 0 Å². The number of carbonyl (C=O) groups is 1. The Labute approximate surface area is 83.3 Å². The van der Waals surface area contributed by atoms with E-state index >= 15 is 0 Å². The number of hydrogen-bond donors (Lipinski definition) is 0. The summed E-state index contributed by atoms with van der Waals surface area (Å²) in [6, 6.07) is 6.08. The molecule has 1 nitrogen and oxygen atoms in total. The third kappa shape index (κ3) is 2.80. The summed E-state index contributed by atoms with van der Waals surface area (Å²) in [5.74, 6) is -0.143. The molecule has 0 amide bonds. The molecule has 0 atom stereocenters. The van der Waals surface area contributed by atoms with E-state index < -0.39 is 0 Å². The lowest BCUT2D eigenvalue weighted by Gasteiger charge is -1.97. The first-order chi connectivity index (χ1) is 6.63. The molecule has 14 heavy (non-hydrogen) atoms. The van der Waals surface area contributed by atoms with Gasteiger partial charge in [-0.2, -0.15) is 0 Å². The first-order valence-corrected chi connectivity index (χ1v) is 4.60. The van der Waals surface area contributed by atoms with E-state index in [0.29, 0.717) is 12.0 Å². The molecule has 74 valence electrons. The standard InChI is InChI=1S/C12H13FO/c1-3-12(14)9(2)8-10-4-6-11(13)7-5-10/h4-8H,3H2,1-2H3. The Balaban J connectivity index is 2.86. The predicted molar refractivity (Wildman–Crippen MR) is 55.3 cm³/mol. The number of allylic oxidation sites excluding steroid dienone is 1. The van der Waals surface area contributed by atoms with Crippen LogP contribution in [0.5, 0.6) is 0 Å². The maximum atomic E-state index is 12.6. The van der Waals surface area contributed by atoms with Gasteiger partial charge in [-0.25, -0.2) is 4.39 Å². The van der Waals surface area contributed by atoms with Gasteiger partial charge in [0.15, 0.2) is 5.78 Å². The fourth-order valence-electron chi connectivity index (χ4n) is 1.17. The molecule has 0 spiro atoms. The van der Waals surface area contributed by atoms with Gasteiger partial charge in [0.1, 0.15) is 5.82 Å². The second kappa shape index (κ2) is 4.70. The van der Waals surface area contributed by atoms with Crippen molar-refractivity contribution in [1.82, 2.24) is 0 Å². The van der Waals surface area contributed by atoms with Gasteiger partial charge in [-0.1, -0.05) is 19.1 Å². The molecule has 1 rings (SSSR count). The van der Waals surface area contributed by atoms with E-state index in [1.807, 2.05) is 6.92 Å². The highest BCUT2D eigenvalue weighted by atomic mass is 19.1. The van der Waals surface area contributed by atoms with Crippen LogP contribution in [-0.2, 0) is 4.79 Å². The molecule has 2 heteroatoms. The van der Waals surface area contributed by atoms with Crippen LogP contribution in [0, 0.1) is 5.82 Å². The summed E-state index contributed by atoms with van der Waals surface area (Å²) in [5.41, 5.74) is 1.56. The van der Waals surface area contributed by atoms with Gasteiger partial charge in [0, 0.05) is 6.42 Å². The van der Waals surface area contributed by atoms with Crippen LogP contribution in [-0.4, -0.2) is 5.78 Å². The van der Waals surface area contributed by atoms with Gasteiger partial charge in [-0.05, 0) is 36.3 Å². The summed E-state index contributed by atoms with van der Waals surface area (Å²) in [6.07, 6.45) is 2.27. The normalized spacial score (nSPS) is 11.5. The Morgan fingerprint density at radius 1 is 1.36 bits per heavy atom. The summed E-state index contributed by atoms with van der Waals surface area (Å²) in [6.45, 7) is 3.60. The molecule has 0 saturated heterocycles. The lowest BCUT2D eigenvalue weighted by molar-refractivity contribution is -0.115. The molecule has 0 aliphatic carbocycles. The highest BCUT2D eigenvalue weighted by molar-refractivity contribution is 5.98. The van der Waals surface area contributed by atoms with E-state index in [1.165, 1.54) is 12.1 Å². The molecule has 0 fully saturated rings. The van der Waals surface area contributed by atoms with Gasteiger partial charge in [0.05, 0.1) is 0 Å². The second-order valence-electron chi connectivity index (χ2n) is 3.16. The molecule has 0 aliphatic heterocycles. The number of carbonyl (C=O) groups excluding carboxylic acids is 1. The minimum absolute atomic E-state index is 0.120. The maximum absolute atomic E-state index is 12.6. The highest BCUT2D eigenvalue weighted by Gasteiger charge is 2.00. The zero-order valence-corrected chi connectivity index (χ0v) is 8.38. The quantitative estimate of drug-likeness (QED) is 0.672. The number of ketones is 1. The molecule has 1 aromatic carbocycles. The molecule has 0 radical (unpaired) electrons. The van der Waals surface area contributed by atoms with E-state index in [2.05, 4.69) is 0 Å². The second-order valence-corrected chi connectivity index (χ2v) is 3.16. The molecule has 0 aromatic heterocycles. The Morgan fingerprint density at radius 2 is 1.93 bits per heavy atom. The van der Waals surface area contributed by atoms with Crippen LogP contribution in [0.15, 0.2) is 29.8 Å². The topological polar surface area (TPSA) is 17.1 Å². The molecular weight excluding hydrogens is 179 g/mol. The van der Waals surface area contributed by atoms with Crippen LogP contribution in [0.4, 0.5) is 4.39 Å². The zero-order valence-electron chi connectivity index (χ0n) is 8.38. The van der Waals surface area contributed by atoms with Crippen molar-refractivity contribution in [1.29, 1.82) is 0 Å². The fraction of sp³-hybridized carbons (Fsp3) is 0.250. The van der Waals surface area contributed by atoms with Crippen molar-refractivity contribution in [3.63, 3.8) is 0 Å². The number of Topliss-reactive ketones (excluding diaryl/α,β-unsaturated/α-hetero) is 1. The van der Waals surface area contributed by atoms with Crippen LogP contribution in [0.2, 0.25) is 0 Å². The summed E-state index contributed by atoms with van der Waals surface area (Å²) >= 11 is 0. The Hall–Kier alpha value is -1.44. The van der Waals surface area contributed by atoms with E-state index in [1.54, 1.807) is 25.1 Å². The fourth-order valence-corrected chi connectivity index (χ4v) is 1.17. The summed E-state index contributed by atoms with van der Waals surface area (Å²) in [5, 5.41) is 0. The lowest BCUT2D eigenvalue weighted by atomic mass is 10.1. The third-order valence-electron chi connectivity index (χ3n) is 2.01. The molecule has 0 unspecified atom stereocenters. The van der Waals surface area contributed by atoms with Gasteiger partial charge in [0.2, 0.25) is 0 Å². The van der Waals surface area contributed by atoms with Crippen LogP contribution in [0.1, 0.15) is 25.8 Å². The van der Waals surface area contributed by atoms with Gasteiger partial charge in [0.25, 0.3) is 0 Å². The minimum atomic E-state index is -0.262. The van der Waals surface area contributed by atoms with Crippen molar-refractivity contribution in [3.8, 4) is 0 Å². The van der Waals surface area contributed by atoms with Crippen molar-refractivity contribution >= 4 is 11.9 Å². The number of benzene rings is 1. The number of halogens is 1. The Bertz CT molecular complexity index is 349. The van der Waals surface area contributed by atoms with Crippen molar-refractivity contribution in [2.24, 2.45) is 0 Å². The minimum Gasteiger partial charge on any atom is -0.295 e. The Morgan fingerprint density at radius 3 is 2.43 bits per heavy atom. The van der Waals surface area contributed by atoms with Crippen molar-refractivity contribution in [2.75, 3.05) is 0 Å². The number of hydrogen-bond acceptors (Lipinski definition) is 1. The van der Waals surface area contributed by atoms with Crippen LogP contribution in [0.25, 0.3) is 6.08 Å². The third-order valence-corrected chi connectivity index (χ3v) is 2.01. The lowest BCUT2D eigenvalue weighted by Crippen LogP contribution is -1.95. The van der Waals surface area contributed by atoms with Crippen molar-refractivity contribution in [3.05, 3.63) is 41.2 Å². The smallest absolute Gasteiger partial charge is 0.158 e. The monoisotopic (exact) mass is 192 g/mol. The molecule has 0 bridgehead atoms. The molecular formula is C12H13FO. The molecule has 0 N–H and O–H groups in total. The van der Waals surface area contributed by atoms with Crippen LogP contribution < -0.4 is 0 Å². The van der Waals surface area contributed by atoms with Crippen LogP contribution in [0.3, 0.4) is 0 Å². The summed E-state index contributed by atoms with van der Waals surface area (Å²) in [7, 11) is 0. The van der Waals surface area contributed by atoms with Crippen molar-refractivity contribution in [2.45, 2.75) is 20.3 Å². The molecule has 1 aromatic rings. The predicted octanol–water partition coefficient (Wildman–Crippen LogP) is 3.21. The number of rotatable bonds is 3. The van der Waals surface area contributed by atoms with Gasteiger partial charge in [-0.3, -0.25) is 4.79 Å². The van der Waals surface area contributed by atoms with E-state index in [0.717, 1.165) is 5.56 Å². The SMILES string of the molecule is CCC(=O)C(C)=Cc1ccc(F)cc1. The summed E-state index contributed by atoms with van der Waals surface area (Å²) in [4.78, 5) is 11.2. The highest BCUT2D eigenvalue weighted by Crippen LogP contribution is 2.09. The first kappa shape index (κ1) is 10.6. The van der Waals surface area contributed by atoms with E-state index in [4.69, 9.17) is 0 Å². The van der Waals surface area contributed by atoms with Gasteiger partial charge < -0.3 is 0 Å². The summed E-state index contributed by atoms with van der Waals surface area (Å²) < 4.78 is 12.6. The van der Waals surface area contributed by atoms with Crippen LogP contribution >= 0.6 is 0 Å². The van der Waals surface area contributed by atoms with E-state index in [9.17, 15) is 9.18 Å². The molecule has 0 heterocycles. The van der Waals surface area contributed by atoms with Gasteiger partial charge >= 0.3 is 0 Å². The molecule has 0 saturated carbocycles. The Kier molecular flexibility index (Phi) is 3.57. The van der Waals surface area contributed by atoms with Crippen molar-refractivity contribution < 1.29 is 9.18 Å². The molecule has 0 aliphatic rings. The average Bonchev–Trinajstić information content (AvgIpc) is 2.20. The largest absolute Gasteiger partial charge is 0.295 e. The first-order valence-electron chi connectivity index (χ1n) is 4.60.